The van der Waals surface area contributed by atoms with Gasteiger partial charge >= 0.3 is 0 Å². The van der Waals surface area contributed by atoms with E-state index in [0.29, 0.717) is 17.7 Å². The van der Waals surface area contributed by atoms with Crippen LogP contribution in [0.25, 0.3) is 10.8 Å². The number of nitrogens with one attached hydrogen (secondary N) is 1. The topological polar surface area (TPSA) is 29.1 Å². The van der Waals surface area contributed by atoms with Crippen molar-refractivity contribution in [3.05, 3.63) is 42.5 Å². The van der Waals surface area contributed by atoms with Gasteiger partial charge in [-0.2, -0.15) is 0 Å². The van der Waals surface area contributed by atoms with Crippen LogP contribution in [0.4, 0.5) is 0 Å². The van der Waals surface area contributed by atoms with Crippen molar-refractivity contribution in [2.24, 2.45) is 5.92 Å². The van der Waals surface area contributed by atoms with Crippen LogP contribution in [0.2, 0.25) is 0 Å². The molecule has 0 bridgehead atoms. The Morgan fingerprint density at radius 2 is 1.91 bits per heavy atom. The molecule has 0 heterocycles. The van der Waals surface area contributed by atoms with Gasteiger partial charge in [-0.3, -0.25) is 4.79 Å². The first-order chi connectivity index (χ1) is 10.7. The Hall–Kier alpha value is -1.48. The van der Waals surface area contributed by atoms with E-state index in [2.05, 4.69) is 42.6 Å². The number of benzene rings is 2. The first-order valence-corrected chi connectivity index (χ1v) is 9.12. The van der Waals surface area contributed by atoms with E-state index in [4.69, 9.17) is 0 Å². The van der Waals surface area contributed by atoms with Gasteiger partial charge in [0.25, 0.3) is 0 Å². The third-order valence-electron chi connectivity index (χ3n) is 4.55. The van der Waals surface area contributed by atoms with Crippen LogP contribution in [0.15, 0.2) is 47.4 Å². The molecule has 1 saturated carbocycles. The van der Waals surface area contributed by atoms with Crippen LogP contribution >= 0.6 is 11.8 Å². The predicted molar refractivity (Wildman–Crippen MR) is 94.2 cm³/mol. The van der Waals surface area contributed by atoms with E-state index in [1.807, 2.05) is 12.1 Å². The van der Waals surface area contributed by atoms with Crippen molar-refractivity contribution in [2.75, 3.05) is 5.75 Å². The largest absolute Gasteiger partial charge is 0.352 e. The van der Waals surface area contributed by atoms with Gasteiger partial charge in [-0.15, -0.1) is 11.8 Å². The Morgan fingerprint density at radius 3 is 2.73 bits per heavy atom. The van der Waals surface area contributed by atoms with Crippen molar-refractivity contribution in [2.45, 2.75) is 43.5 Å². The number of carbonyl (C=O) groups excluding carboxylic acids is 1. The van der Waals surface area contributed by atoms with Gasteiger partial charge in [0.1, 0.15) is 0 Å². The van der Waals surface area contributed by atoms with E-state index in [1.54, 1.807) is 11.8 Å². The Bertz CT molecular complexity index is 655. The van der Waals surface area contributed by atoms with Crippen molar-refractivity contribution in [1.29, 1.82) is 0 Å². The average molecular weight is 313 g/mol. The van der Waals surface area contributed by atoms with Crippen molar-refractivity contribution in [1.82, 2.24) is 5.32 Å². The molecular formula is C19H23NOS. The van der Waals surface area contributed by atoms with E-state index in [9.17, 15) is 4.79 Å². The highest BCUT2D eigenvalue weighted by Crippen LogP contribution is 2.25. The molecule has 2 aromatic carbocycles. The van der Waals surface area contributed by atoms with Gasteiger partial charge in [0.2, 0.25) is 5.91 Å². The lowest BCUT2D eigenvalue weighted by Crippen LogP contribution is -2.41. The maximum atomic E-state index is 12.2. The number of hydrogen-bond donors (Lipinski definition) is 1. The van der Waals surface area contributed by atoms with Gasteiger partial charge in [-0.1, -0.05) is 50.1 Å². The normalized spacial score (nSPS) is 21.7. The maximum absolute atomic E-state index is 12.2. The molecule has 1 amide bonds. The fraction of sp³-hybridized carbons (Fsp3) is 0.421. The Morgan fingerprint density at radius 1 is 1.14 bits per heavy atom. The molecule has 2 atom stereocenters. The zero-order valence-electron chi connectivity index (χ0n) is 13.0. The van der Waals surface area contributed by atoms with Gasteiger partial charge in [-0.05, 0) is 41.7 Å². The van der Waals surface area contributed by atoms with Gasteiger partial charge in [0, 0.05) is 10.9 Å². The van der Waals surface area contributed by atoms with Crippen LogP contribution < -0.4 is 5.32 Å². The fourth-order valence-corrected chi connectivity index (χ4v) is 3.94. The number of fused-ring (bicyclic) bond motifs is 1. The summed E-state index contributed by atoms with van der Waals surface area (Å²) in [6.07, 6.45) is 4.92. The van der Waals surface area contributed by atoms with Gasteiger partial charge in [0.15, 0.2) is 0 Å². The van der Waals surface area contributed by atoms with Crippen molar-refractivity contribution >= 4 is 28.4 Å². The highest BCUT2D eigenvalue weighted by molar-refractivity contribution is 8.00. The van der Waals surface area contributed by atoms with Crippen LogP contribution in [0.3, 0.4) is 0 Å². The Balaban J connectivity index is 1.55. The minimum absolute atomic E-state index is 0.164. The number of thioether (sulfide) groups is 1. The zero-order chi connectivity index (χ0) is 15.4. The molecule has 2 aromatic rings. The number of rotatable bonds is 4. The molecular weight excluding hydrogens is 290 g/mol. The molecule has 3 rings (SSSR count). The molecule has 0 aromatic heterocycles. The summed E-state index contributed by atoms with van der Waals surface area (Å²) in [4.78, 5) is 13.3. The summed E-state index contributed by atoms with van der Waals surface area (Å²) < 4.78 is 0. The molecule has 22 heavy (non-hydrogen) atoms. The lowest BCUT2D eigenvalue weighted by molar-refractivity contribution is -0.119. The summed E-state index contributed by atoms with van der Waals surface area (Å²) in [5, 5.41) is 5.69. The molecule has 0 saturated heterocycles. The lowest BCUT2D eigenvalue weighted by Gasteiger charge is -2.29. The zero-order valence-corrected chi connectivity index (χ0v) is 13.9. The van der Waals surface area contributed by atoms with Crippen LogP contribution in [0.5, 0.6) is 0 Å². The molecule has 0 spiro atoms. The highest BCUT2D eigenvalue weighted by atomic mass is 32.2. The smallest absolute Gasteiger partial charge is 0.230 e. The van der Waals surface area contributed by atoms with Crippen LogP contribution in [-0.4, -0.2) is 17.7 Å². The third kappa shape index (κ3) is 3.83. The minimum atomic E-state index is 0.164. The molecule has 116 valence electrons. The molecule has 0 radical (unpaired) electrons. The van der Waals surface area contributed by atoms with Crippen LogP contribution in [0.1, 0.15) is 32.6 Å². The molecule has 1 aliphatic carbocycles. The van der Waals surface area contributed by atoms with Crippen LogP contribution in [0, 0.1) is 5.92 Å². The number of hydrogen-bond acceptors (Lipinski definition) is 2. The summed E-state index contributed by atoms with van der Waals surface area (Å²) in [5.41, 5.74) is 0. The van der Waals surface area contributed by atoms with E-state index in [1.165, 1.54) is 30.0 Å². The van der Waals surface area contributed by atoms with Crippen molar-refractivity contribution < 1.29 is 4.79 Å². The minimum Gasteiger partial charge on any atom is -0.352 e. The monoisotopic (exact) mass is 313 g/mol. The predicted octanol–water partition coefficient (Wildman–Crippen LogP) is 4.63. The summed E-state index contributed by atoms with van der Waals surface area (Å²) in [6.45, 7) is 2.25. The van der Waals surface area contributed by atoms with Crippen LogP contribution in [-0.2, 0) is 4.79 Å². The Labute approximate surface area is 136 Å². The SMILES string of the molecule is CC1CCCCC1NC(=O)CSc1ccc2ccccc2c1. The third-order valence-corrected chi connectivity index (χ3v) is 5.54. The summed E-state index contributed by atoms with van der Waals surface area (Å²) in [6, 6.07) is 15.1. The van der Waals surface area contributed by atoms with Crippen molar-refractivity contribution in [3.8, 4) is 0 Å². The van der Waals surface area contributed by atoms with Gasteiger partial charge < -0.3 is 5.32 Å². The van der Waals surface area contributed by atoms with E-state index >= 15 is 0 Å². The number of amides is 1. The molecule has 1 N–H and O–H groups in total. The molecule has 2 nitrogen and oxygen atoms in total. The second kappa shape index (κ2) is 7.19. The standard InChI is InChI=1S/C19H23NOS/c1-14-6-2-5-9-18(14)20-19(21)13-22-17-11-10-15-7-3-4-8-16(15)12-17/h3-4,7-8,10-12,14,18H,2,5-6,9,13H2,1H3,(H,20,21). The van der Waals surface area contributed by atoms with Gasteiger partial charge in [-0.25, -0.2) is 0 Å². The number of carbonyl (C=O) groups is 1. The molecule has 3 heteroatoms. The first kappa shape index (κ1) is 15.4. The highest BCUT2D eigenvalue weighted by Gasteiger charge is 2.22. The second-order valence-corrected chi connectivity index (χ2v) is 7.28. The Kier molecular flexibility index (Phi) is 5.04. The van der Waals surface area contributed by atoms with Crippen molar-refractivity contribution in [3.63, 3.8) is 0 Å². The summed E-state index contributed by atoms with van der Waals surface area (Å²) >= 11 is 1.62. The quantitative estimate of drug-likeness (QED) is 0.834. The van der Waals surface area contributed by atoms with E-state index in [-0.39, 0.29) is 5.91 Å². The maximum Gasteiger partial charge on any atom is 0.230 e. The van der Waals surface area contributed by atoms with E-state index in [0.717, 1.165) is 11.3 Å². The summed E-state index contributed by atoms with van der Waals surface area (Å²) in [7, 11) is 0. The lowest BCUT2D eigenvalue weighted by atomic mass is 9.86. The second-order valence-electron chi connectivity index (χ2n) is 6.23. The molecule has 2 unspecified atom stereocenters. The molecule has 0 aliphatic heterocycles. The molecule has 1 aliphatic rings. The van der Waals surface area contributed by atoms with Gasteiger partial charge in [0.05, 0.1) is 5.75 Å². The first-order valence-electron chi connectivity index (χ1n) is 8.13. The summed E-state index contributed by atoms with van der Waals surface area (Å²) in [5.74, 6) is 1.28. The fourth-order valence-electron chi connectivity index (χ4n) is 3.19. The van der Waals surface area contributed by atoms with E-state index < -0.39 is 0 Å². The average Bonchev–Trinajstić information content (AvgIpc) is 2.55. The molecule has 1 fully saturated rings.